The van der Waals surface area contributed by atoms with E-state index in [0.29, 0.717) is 6.04 Å². The lowest BCUT2D eigenvalue weighted by Gasteiger charge is -2.25. The van der Waals surface area contributed by atoms with Crippen LogP contribution < -0.4 is 5.32 Å². The Kier molecular flexibility index (Phi) is 6.17. The van der Waals surface area contributed by atoms with Gasteiger partial charge in [0.1, 0.15) is 0 Å². The largest absolute Gasteiger partial charge is 0.310 e. The van der Waals surface area contributed by atoms with Gasteiger partial charge in [-0.1, -0.05) is 51.0 Å². The molecule has 0 saturated carbocycles. The molecule has 1 heterocycles. The lowest BCUT2D eigenvalue weighted by Crippen LogP contribution is -2.27. The van der Waals surface area contributed by atoms with E-state index in [1.54, 1.807) is 0 Å². The lowest BCUT2D eigenvalue weighted by molar-refractivity contribution is 0.411. The molecule has 1 nitrogen and oxygen atoms in total. The molecule has 1 aliphatic rings. The Hall–Kier alpha value is -0.820. The van der Waals surface area contributed by atoms with Crippen molar-refractivity contribution >= 4 is 0 Å². The summed E-state index contributed by atoms with van der Waals surface area (Å²) in [4.78, 5) is 0. The first-order chi connectivity index (χ1) is 7.79. The maximum absolute atomic E-state index is 3.58. The van der Waals surface area contributed by atoms with Crippen LogP contribution in [-0.4, -0.2) is 6.54 Å². The molecule has 1 aliphatic heterocycles. The molecule has 1 N–H and O–H groups in total. The molecule has 1 unspecified atom stereocenters. The zero-order valence-corrected chi connectivity index (χ0v) is 10.9. The Morgan fingerprint density at radius 2 is 1.88 bits per heavy atom. The number of piperidine rings is 1. The number of nitrogens with one attached hydrogen (secondary N) is 1. The van der Waals surface area contributed by atoms with Crippen molar-refractivity contribution in [3.8, 4) is 0 Å². The predicted octanol–water partition coefficient (Wildman–Crippen LogP) is 4.23. The molecule has 1 aromatic rings. The zero-order valence-electron chi connectivity index (χ0n) is 10.9. The van der Waals surface area contributed by atoms with Gasteiger partial charge in [0.25, 0.3) is 0 Å². The molecule has 1 atom stereocenters. The van der Waals surface area contributed by atoms with E-state index in [1.165, 1.54) is 43.4 Å². The van der Waals surface area contributed by atoms with Gasteiger partial charge >= 0.3 is 0 Å². The van der Waals surface area contributed by atoms with E-state index in [2.05, 4.69) is 50.4 Å². The molecule has 1 heteroatoms. The highest BCUT2D eigenvalue weighted by Crippen LogP contribution is 2.24. The molecule has 1 aromatic carbocycles. The highest BCUT2D eigenvalue weighted by atomic mass is 14.9. The highest BCUT2D eigenvalue weighted by Gasteiger charge is 2.15. The average molecular weight is 219 g/mol. The van der Waals surface area contributed by atoms with Crippen molar-refractivity contribution in [3.05, 3.63) is 35.4 Å². The maximum Gasteiger partial charge on any atom is 0.0322 e. The second kappa shape index (κ2) is 7.45. The van der Waals surface area contributed by atoms with Crippen molar-refractivity contribution in [2.45, 2.75) is 52.5 Å². The van der Waals surface area contributed by atoms with Crippen molar-refractivity contribution in [3.63, 3.8) is 0 Å². The van der Waals surface area contributed by atoms with E-state index in [1.807, 2.05) is 0 Å². The van der Waals surface area contributed by atoms with Crippen LogP contribution in [0.4, 0.5) is 0 Å². The summed E-state index contributed by atoms with van der Waals surface area (Å²) < 4.78 is 0. The van der Waals surface area contributed by atoms with Gasteiger partial charge in [0, 0.05) is 6.04 Å². The van der Waals surface area contributed by atoms with Crippen molar-refractivity contribution in [2.24, 2.45) is 0 Å². The average Bonchev–Trinajstić information content (AvgIpc) is 2.32. The normalized spacial score (nSPS) is 19.8. The van der Waals surface area contributed by atoms with Crippen LogP contribution >= 0.6 is 0 Å². The van der Waals surface area contributed by atoms with Gasteiger partial charge in [0.15, 0.2) is 0 Å². The summed E-state index contributed by atoms with van der Waals surface area (Å²) in [5.41, 5.74) is 2.91. The Bertz CT molecular complexity index is 287. The summed E-state index contributed by atoms with van der Waals surface area (Å²) in [6.07, 6.45) is 5.25. The van der Waals surface area contributed by atoms with Crippen molar-refractivity contribution in [1.82, 2.24) is 5.32 Å². The highest BCUT2D eigenvalue weighted by molar-refractivity contribution is 5.28. The minimum Gasteiger partial charge on any atom is -0.310 e. The molecule has 2 rings (SSSR count). The molecular formula is C15H25N. The molecule has 0 bridgehead atoms. The van der Waals surface area contributed by atoms with Crippen LogP contribution in [0.3, 0.4) is 0 Å². The van der Waals surface area contributed by atoms with Crippen LogP contribution in [0.25, 0.3) is 0 Å². The summed E-state index contributed by atoms with van der Waals surface area (Å²) >= 11 is 0. The predicted molar refractivity (Wildman–Crippen MR) is 71.7 cm³/mol. The molecule has 0 amide bonds. The molecule has 0 radical (unpaired) electrons. The second-order valence-corrected chi connectivity index (χ2v) is 4.57. The van der Waals surface area contributed by atoms with Crippen LogP contribution in [-0.2, 0) is 0 Å². The van der Waals surface area contributed by atoms with E-state index in [9.17, 15) is 0 Å². The van der Waals surface area contributed by atoms with Crippen LogP contribution in [0.15, 0.2) is 24.3 Å². The first-order valence-electron chi connectivity index (χ1n) is 6.58. The summed E-state index contributed by atoms with van der Waals surface area (Å²) in [7, 11) is 0. The smallest absolute Gasteiger partial charge is 0.0322 e. The third kappa shape index (κ3) is 3.97. The number of rotatable bonds is 1. The first kappa shape index (κ1) is 13.2. The van der Waals surface area contributed by atoms with Gasteiger partial charge in [0.05, 0.1) is 0 Å². The van der Waals surface area contributed by atoms with Gasteiger partial charge in [0.2, 0.25) is 0 Å². The van der Waals surface area contributed by atoms with Gasteiger partial charge in [-0.2, -0.15) is 0 Å². The second-order valence-electron chi connectivity index (χ2n) is 4.57. The molecule has 0 spiro atoms. The number of hydrogen-bond acceptors (Lipinski definition) is 1. The third-order valence-corrected chi connectivity index (χ3v) is 2.87. The van der Waals surface area contributed by atoms with Crippen LogP contribution in [0, 0.1) is 6.92 Å². The van der Waals surface area contributed by atoms with E-state index in [0.717, 1.165) is 0 Å². The molecule has 1 fully saturated rings. The monoisotopic (exact) mass is 219 g/mol. The number of benzene rings is 1. The van der Waals surface area contributed by atoms with E-state index in [4.69, 9.17) is 0 Å². The van der Waals surface area contributed by atoms with Crippen LogP contribution in [0.1, 0.15) is 56.7 Å². The lowest BCUT2D eigenvalue weighted by atomic mass is 9.94. The maximum atomic E-state index is 3.58. The SMILES string of the molecule is CCC.Cc1ccccc1C1CCCCN1. The molecule has 1 saturated heterocycles. The Balaban J connectivity index is 0.000000386. The van der Waals surface area contributed by atoms with Crippen molar-refractivity contribution < 1.29 is 0 Å². The number of aryl methyl sites for hydroxylation is 1. The van der Waals surface area contributed by atoms with Gasteiger partial charge in [-0.3, -0.25) is 0 Å². The van der Waals surface area contributed by atoms with Crippen LogP contribution in [0.2, 0.25) is 0 Å². The summed E-state index contributed by atoms with van der Waals surface area (Å²) in [5, 5.41) is 3.58. The molecular weight excluding hydrogens is 194 g/mol. The van der Waals surface area contributed by atoms with E-state index < -0.39 is 0 Å². The fraction of sp³-hybridized carbons (Fsp3) is 0.600. The minimum atomic E-state index is 0.606. The van der Waals surface area contributed by atoms with Crippen molar-refractivity contribution in [2.75, 3.05) is 6.54 Å². The molecule has 90 valence electrons. The third-order valence-electron chi connectivity index (χ3n) is 2.87. The standard InChI is InChI=1S/C12H17N.C3H8/c1-10-6-2-3-7-11(10)12-8-4-5-9-13-12;1-3-2/h2-3,6-7,12-13H,4-5,8-9H2,1H3;3H2,1-2H3. The quantitative estimate of drug-likeness (QED) is 0.745. The Labute approximate surface area is 100 Å². The van der Waals surface area contributed by atoms with Crippen molar-refractivity contribution in [1.29, 1.82) is 0 Å². The van der Waals surface area contributed by atoms with E-state index in [-0.39, 0.29) is 0 Å². The first-order valence-corrected chi connectivity index (χ1v) is 6.58. The van der Waals surface area contributed by atoms with Gasteiger partial charge < -0.3 is 5.32 Å². The molecule has 0 aromatic heterocycles. The minimum absolute atomic E-state index is 0.606. The van der Waals surface area contributed by atoms with Crippen LogP contribution in [0.5, 0.6) is 0 Å². The topological polar surface area (TPSA) is 12.0 Å². The fourth-order valence-electron chi connectivity index (χ4n) is 2.10. The summed E-state index contributed by atoms with van der Waals surface area (Å²) in [6.45, 7) is 7.63. The zero-order chi connectivity index (χ0) is 11.8. The molecule has 16 heavy (non-hydrogen) atoms. The Morgan fingerprint density at radius 3 is 2.44 bits per heavy atom. The fourth-order valence-corrected chi connectivity index (χ4v) is 2.10. The number of hydrogen-bond donors (Lipinski definition) is 1. The molecule has 0 aliphatic carbocycles. The van der Waals surface area contributed by atoms with E-state index >= 15 is 0 Å². The van der Waals surface area contributed by atoms with Gasteiger partial charge in [-0.25, -0.2) is 0 Å². The summed E-state index contributed by atoms with van der Waals surface area (Å²) in [6, 6.07) is 9.31. The van der Waals surface area contributed by atoms with Gasteiger partial charge in [-0.15, -0.1) is 0 Å². The summed E-state index contributed by atoms with van der Waals surface area (Å²) in [5.74, 6) is 0. The Morgan fingerprint density at radius 1 is 1.19 bits per heavy atom. The van der Waals surface area contributed by atoms with Gasteiger partial charge in [-0.05, 0) is 37.4 Å².